The highest BCUT2D eigenvalue weighted by molar-refractivity contribution is 5.81. The van der Waals surface area contributed by atoms with Crippen molar-refractivity contribution >= 4 is 5.78 Å². The van der Waals surface area contributed by atoms with E-state index in [0.29, 0.717) is 17.9 Å². The van der Waals surface area contributed by atoms with Gasteiger partial charge in [0.2, 0.25) is 0 Å². The largest absolute Gasteiger partial charge is 0.416 e. The summed E-state index contributed by atoms with van der Waals surface area (Å²) in [6, 6.07) is 5.06. The minimum Gasteiger partial charge on any atom is -0.299 e. The quantitative estimate of drug-likeness (QED) is 0.792. The van der Waals surface area contributed by atoms with Gasteiger partial charge in [-0.15, -0.1) is 0 Å². The summed E-state index contributed by atoms with van der Waals surface area (Å²) in [5, 5.41) is 0. The molecule has 1 fully saturated rings. The molecule has 0 aliphatic heterocycles. The van der Waals surface area contributed by atoms with E-state index in [-0.39, 0.29) is 12.2 Å². The van der Waals surface area contributed by atoms with E-state index in [0.717, 1.165) is 25.0 Å². The van der Waals surface area contributed by atoms with Gasteiger partial charge in [-0.1, -0.05) is 43.9 Å². The van der Waals surface area contributed by atoms with Crippen LogP contribution in [0.4, 0.5) is 13.2 Å². The fraction of sp³-hybridized carbons (Fsp3) is 0.533. The van der Waals surface area contributed by atoms with Gasteiger partial charge in [0.25, 0.3) is 0 Å². The summed E-state index contributed by atoms with van der Waals surface area (Å²) in [6.45, 7) is 0. The summed E-state index contributed by atoms with van der Waals surface area (Å²) in [4.78, 5) is 11.8. The van der Waals surface area contributed by atoms with Gasteiger partial charge in [0.05, 0.1) is 5.56 Å². The molecule has 1 saturated carbocycles. The lowest BCUT2D eigenvalue weighted by molar-refractivity contribution is -0.137. The molecule has 1 aromatic carbocycles. The Morgan fingerprint density at radius 2 is 1.89 bits per heavy atom. The maximum atomic E-state index is 12.5. The topological polar surface area (TPSA) is 17.1 Å². The minimum atomic E-state index is -4.34. The van der Waals surface area contributed by atoms with E-state index in [4.69, 9.17) is 0 Å². The highest BCUT2D eigenvalue weighted by Gasteiger charge is 2.30. The summed E-state index contributed by atoms with van der Waals surface area (Å²) in [6.07, 6.45) is 0.771. The predicted octanol–water partition coefficient (Wildman–Crippen LogP) is 4.40. The van der Waals surface area contributed by atoms with Gasteiger partial charge in [0.15, 0.2) is 0 Å². The van der Waals surface area contributed by atoms with E-state index in [1.165, 1.54) is 18.9 Å². The van der Waals surface area contributed by atoms with Gasteiger partial charge in [-0.3, -0.25) is 4.79 Å². The van der Waals surface area contributed by atoms with Gasteiger partial charge < -0.3 is 0 Å². The number of Topliss-reactive ketones (excluding diaryl/α,β-unsaturated/α-hetero) is 1. The third-order valence-corrected chi connectivity index (χ3v) is 3.65. The molecule has 0 unspecified atom stereocenters. The Morgan fingerprint density at radius 1 is 1.21 bits per heavy atom. The van der Waals surface area contributed by atoms with Crippen LogP contribution in [0.5, 0.6) is 0 Å². The maximum Gasteiger partial charge on any atom is 0.416 e. The highest BCUT2D eigenvalue weighted by Crippen LogP contribution is 2.30. The second-order valence-corrected chi connectivity index (χ2v) is 5.27. The molecule has 0 N–H and O–H groups in total. The molecule has 19 heavy (non-hydrogen) atoms. The summed E-state index contributed by atoms with van der Waals surface area (Å²) in [5.41, 5.74) is -0.225. The molecule has 1 nitrogen and oxygen atoms in total. The number of benzene rings is 1. The van der Waals surface area contributed by atoms with E-state index >= 15 is 0 Å². The molecule has 0 amide bonds. The van der Waals surface area contributed by atoms with E-state index in [2.05, 4.69) is 0 Å². The molecule has 0 aromatic heterocycles. The molecular weight excluding hydrogens is 253 g/mol. The Bertz CT molecular complexity index is 445. The Balaban J connectivity index is 1.96. The lowest BCUT2D eigenvalue weighted by Crippen LogP contribution is -2.10. The molecule has 0 saturated heterocycles. The summed E-state index contributed by atoms with van der Waals surface area (Å²) < 4.78 is 37.6. The first-order valence-electron chi connectivity index (χ1n) is 6.63. The molecule has 1 aliphatic rings. The van der Waals surface area contributed by atoms with Gasteiger partial charge in [0, 0.05) is 12.8 Å². The van der Waals surface area contributed by atoms with E-state index in [1.807, 2.05) is 0 Å². The smallest absolute Gasteiger partial charge is 0.299 e. The fourth-order valence-electron chi connectivity index (χ4n) is 2.69. The van der Waals surface area contributed by atoms with Crippen LogP contribution in [0.25, 0.3) is 0 Å². The third kappa shape index (κ3) is 4.08. The highest BCUT2D eigenvalue weighted by atomic mass is 19.4. The van der Waals surface area contributed by atoms with Crippen molar-refractivity contribution in [3.05, 3.63) is 35.4 Å². The molecular formula is C15H17F3O. The van der Waals surface area contributed by atoms with Crippen molar-refractivity contribution in [3.8, 4) is 0 Å². The van der Waals surface area contributed by atoms with E-state index in [1.54, 1.807) is 6.07 Å². The Morgan fingerprint density at radius 3 is 2.53 bits per heavy atom. The monoisotopic (exact) mass is 270 g/mol. The number of halogens is 3. The van der Waals surface area contributed by atoms with Gasteiger partial charge >= 0.3 is 6.18 Å². The molecule has 104 valence electrons. The first-order chi connectivity index (χ1) is 8.95. The zero-order valence-corrected chi connectivity index (χ0v) is 10.7. The number of carbonyl (C=O) groups excluding carboxylic acids is 1. The van der Waals surface area contributed by atoms with Gasteiger partial charge in [-0.2, -0.15) is 13.2 Å². The Hall–Kier alpha value is -1.32. The van der Waals surface area contributed by atoms with Crippen molar-refractivity contribution in [2.45, 2.75) is 44.7 Å². The summed E-state index contributed by atoms with van der Waals surface area (Å²) in [5.74, 6) is 0.490. The van der Waals surface area contributed by atoms with Crippen molar-refractivity contribution in [1.82, 2.24) is 0 Å². The lowest BCUT2D eigenvalue weighted by atomic mass is 9.96. The van der Waals surface area contributed by atoms with Crippen LogP contribution < -0.4 is 0 Å². The van der Waals surface area contributed by atoms with E-state index in [9.17, 15) is 18.0 Å². The van der Waals surface area contributed by atoms with Crippen LogP contribution >= 0.6 is 0 Å². The van der Waals surface area contributed by atoms with Crippen LogP contribution in [0.2, 0.25) is 0 Å². The number of rotatable bonds is 4. The van der Waals surface area contributed by atoms with Gasteiger partial charge in [-0.05, 0) is 17.5 Å². The molecule has 0 bridgehead atoms. The number of alkyl halides is 3. The lowest BCUT2D eigenvalue weighted by Gasteiger charge is -2.10. The first kappa shape index (κ1) is 14.1. The second kappa shape index (κ2) is 5.76. The molecule has 0 spiro atoms. The van der Waals surface area contributed by atoms with Crippen molar-refractivity contribution in [2.24, 2.45) is 5.92 Å². The molecule has 0 radical (unpaired) electrons. The number of ketones is 1. The standard InChI is InChI=1S/C15H17F3O/c16-15(17,18)13-7-3-6-12(8-13)10-14(19)9-11-4-1-2-5-11/h3,6-8,11H,1-2,4-5,9-10H2. The van der Waals surface area contributed by atoms with Gasteiger partial charge in [0.1, 0.15) is 5.78 Å². The van der Waals surface area contributed by atoms with Gasteiger partial charge in [-0.25, -0.2) is 0 Å². The molecule has 4 heteroatoms. The number of hydrogen-bond donors (Lipinski definition) is 0. The maximum absolute atomic E-state index is 12.5. The SMILES string of the molecule is O=C(Cc1cccc(C(F)(F)F)c1)CC1CCCC1. The van der Waals surface area contributed by atoms with Crippen LogP contribution in [0, 0.1) is 5.92 Å². The van der Waals surface area contributed by atoms with Crippen LogP contribution in [0.1, 0.15) is 43.2 Å². The van der Waals surface area contributed by atoms with Crippen molar-refractivity contribution in [2.75, 3.05) is 0 Å². The Kier molecular flexibility index (Phi) is 4.27. The Labute approximate surface area is 110 Å². The summed E-state index contributed by atoms with van der Waals surface area (Å²) in [7, 11) is 0. The zero-order valence-electron chi connectivity index (χ0n) is 10.7. The number of hydrogen-bond acceptors (Lipinski definition) is 1. The molecule has 1 aliphatic carbocycles. The zero-order chi connectivity index (χ0) is 13.9. The predicted molar refractivity (Wildman–Crippen MR) is 66.7 cm³/mol. The minimum absolute atomic E-state index is 0.0474. The van der Waals surface area contributed by atoms with Crippen LogP contribution in [0.3, 0.4) is 0 Å². The first-order valence-corrected chi connectivity index (χ1v) is 6.63. The molecule has 2 rings (SSSR count). The second-order valence-electron chi connectivity index (χ2n) is 5.27. The normalized spacial score (nSPS) is 16.8. The van der Waals surface area contributed by atoms with Crippen molar-refractivity contribution < 1.29 is 18.0 Å². The van der Waals surface area contributed by atoms with Crippen LogP contribution in [-0.4, -0.2) is 5.78 Å². The molecule has 0 heterocycles. The summed E-state index contributed by atoms with van der Waals surface area (Å²) >= 11 is 0. The van der Waals surface area contributed by atoms with E-state index < -0.39 is 11.7 Å². The molecule has 1 aromatic rings. The van der Waals surface area contributed by atoms with Crippen molar-refractivity contribution in [3.63, 3.8) is 0 Å². The third-order valence-electron chi connectivity index (χ3n) is 3.65. The number of carbonyl (C=O) groups is 1. The van der Waals surface area contributed by atoms with Crippen LogP contribution in [-0.2, 0) is 17.4 Å². The average Bonchev–Trinajstić information content (AvgIpc) is 2.80. The van der Waals surface area contributed by atoms with Crippen molar-refractivity contribution in [1.29, 1.82) is 0 Å². The molecule has 0 atom stereocenters. The fourth-order valence-corrected chi connectivity index (χ4v) is 2.69. The van der Waals surface area contributed by atoms with Crippen LogP contribution in [0.15, 0.2) is 24.3 Å². The average molecular weight is 270 g/mol.